The van der Waals surface area contributed by atoms with Crippen LogP contribution in [0.4, 0.5) is 11.4 Å². The lowest BCUT2D eigenvalue weighted by atomic mass is 10.0. The summed E-state index contributed by atoms with van der Waals surface area (Å²) in [6.07, 6.45) is 0. The third-order valence-corrected chi connectivity index (χ3v) is 6.46. The molecule has 14 heteroatoms. The Bertz CT molecular complexity index is 1410. The molecule has 6 N–H and O–H groups in total. The van der Waals surface area contributed by atoms with Gasteiger partial charge in [-0.2, -0.15) is 4.37 Å². The number of ether oxygens (including phenoxy) is 3. The fourth-order valence-electron chi connectivity index (χ4n) is 3.85. The van der Waals surface area contributed by atoms with Crippen molar-refractivity contribution in [1.29, 1.82) is 0 Å². The monoisotopic (exact) mass is 555 g/mol. The SMILES string of the molecule is CCOC(=O)CNC(=O)C(c1ccc(O)cc1)N(C(=O)c1snc(C(N)=O)c1N)c1ccc2c(c1)OCCO2. The molecular weight excluding hydrogens is 530 g/mol. The minimum Gasteiger partial charge on any atom is -0.508 e. The predicted molar refractivity (Wildman–Crippen MR) is 140 cm³/mol. The first-order valence-corrected chi connectivity index (χ1v) is 12.5. The maximum atomic E-state index is 14.1. The van der Waals surface area contributed by atoms with Gasteiger partial charge in [0.15, 0.2) is 17.2 Å². The number of fused-ring (bicyclic) bond motifs is 1. The molecule has 3 aromatic rings. The number of phenolic OH excluding ortho intramolecular Hbond substituents is 1. The van der Waals surface area contributed by atoms with Gasteiger partial charge in [-0.3, -0.25) is 24.1 Å². The summed E-state index contributed by atoms with van der Waals surface area (Å²) in [5.74, 6) is -2.41. The average Bonchev–Trinajstić information content (AvgIpc) is 3.32. The molecule has 1 aliphatic heterocycles. The number of hydrogen-bond acceptors (Lipinski definition) is 11. The Hall–Kier alpha value is -4.85. The standard InChI is InChI=1S/C25H25N5O8S/c1-2-36-18(32)12-28-24(34)21(13-3-6-15(31)7-4-13)30(14-5-8-16-17(11-14)38-10-9-37-16)25(35)22-19(26)20(23(27)33)29-39-22/h3-8,11,21,31H,2,9-10,12,26H2,1H3,(H2,27,33)(H,28,34). The second-order valence-electron chi connectivity index (χ2n) is 8.16. The molecule has 2 aromatic carbocycles. The number of carbonyl (C=O) groups excluding carboxylic acids is 4. The van der Waals surface area contributed by atoms with Crippen molar-refractivity contribution < 1.29 is 38.5 Å². The number of amides is 3. The number of nitrogen functional groups attached to an aromatic ring is 1. The van der Waals surface area contributed by atoms with Gasteiger partial charge in [0.2, 0.25) is 5.91 Å². The normalized spacial score (nSPS) is 12.7. The Morgan fingerprint density at radius 3 is 2.46 bits per heavy atom. The zero-order valence-corrected chi connectivity index (χ0v) is 21.5. The Kier molecular flexibility index (Phi) is 8.15. The van der Waals surface area contributed by atoms with Crippen molar-refractivity contribution in [3.8, 4) is 17.2 Å². The molecule has 0 saturated heterocycles. The van der Waals surface area contributed by atoms with Crippen molar-refractivity contribution >= 4 is 46.6 Å². The Morgan fingerprint density at radius 2 is 1.82 bits per heavy atom. The fourth-order valence-corrected chi connectivity index (χ4v) is 4.59. The molecule has 3 amide bonds. The van der Waals surface area contributed by atoms with Crippen LogP contribution in [-0.4, -0.2) is 59.5 Å². The number of carbonyl (C=O) groups is 4. The number of benzene rings is 2. The van der Waals surface area contributed by atoms with Crippen LogP contribution in [0.1, 0.15) is 38.7 Å². The molecule has 2 heterocycles. The summed E-state index contributed by atoms with van der Waals surface area (Å²) in [5, 5.41) is 12.3. The number of aromatic nitrogens is 1. The number of phenols is 1. The highest BCUT2D eigenvalue weighted by Crippen LogP contribution is 2.39. The van der Waals surface area contributed by atoms with Crippen LogP contribution in [-0.2, 0) is 14.3 Å². The first-order chi connectivity index (χ1) is 18.7. The van der Waals surface area contributed by atoms with Gasteiger partial charge < -0.3 is 36.1 Å². The summed E-state index contributed by atoms with van der Waals surface area (Å²) in [6, 6.07) is 8.86. The summed E-state index contributed by atoms with van der Waals surface area (Å²) in [4.78, 5) is 52.4. The number of nitrogens with two attached hydrogens (primary N) is 2. The van der Waals surface area contributed by atoms with Crippen LogP contribution in [0.3, 0.4) is 0 Å². The Labute approximate surface area is 226 Å². The minimum atomic E-state index is -1.38. The van der Waals surface area contributed by atoms with E-state index in [-0.39, 0.29) is 46.5 Å². The topological polar surface area (TPSA) is 196 Å². The van der Waals surface area contributed by atoms with Crippen molar-refractivity contribution in [2.24, 2.45) is 5.73 Å². The third kappa shape index (κ3) is 5.85. The molecule has 39 heavy (non-hydrogen) atoms. The lowest BCUT2D eigenvalue weighted by Gasteiger charge is -2.32. The molecule has 0 radical (unpaired) electrons. The van der Waals surface area contributed by atoms with Crippen LogP contribution in [0, 0.1) is 0 Å². The van der Waals surface area contributed by atoms with Crippen molar-refractivity contribution in [3.63, 3.8) is 0 Å². The molecule has 204 valence electrons. The molecule has 1 aliphatic rings. The predicted octanol–water partition coefficient (Wildman–Crippen LogP) is 1.37. The Balaban J connectivity index is 1.85. The number of primary amides is 1. The summed E-state index contributed by atoms with van der Waals surface area (Å²) >= 11 is 0.647. The smallest absolute Gasteiger partial charge is 0.325 e. The van der Waals surface area contributed by atoms with Gasteiger partial charge in [0.25, 0.3) is 11.8 Å². The van der Waals surface area contributed by atoms with Gasteiger partial charge in [0, 0.05) is 11.8 Å². The molecule has 13 nitrogen and oxygen atoms in total. The number of hydrogen-bond donors (Lipinski definition) is 4. The van der Waals surface area contributed by atoms with Crippen molar-refractivity contribution in [2.75, 3.05) is 37.0 Å². The molecule has 1 aromatic heterocycles. The summed E-state index contributed by atoms with van der Waals surface area (Å²) in [5.41, 5.74) is 11.4. The van der Waals surface area contributed by atoms with E-state index >= 15 is 0 Å². The maximum Gasteiger partial charge on any atom is 0.325 e. The van der Waals surface area contributed by atoms with Gasteiger partial charge in [-0.25, -0.2) is 0 Å². The van der Waals surface area contributed by atoms with E-state index in [4.69, 9.17) is 25.7 Å². The van der Waals surface area contributed by atoms with Crippen molar-refractivity contribution in [1.82, 2.24) is 9.69 Å². The van der Waals surface area contributed by atoms with Crippen molar-refractivity contribution in [3.05, 3.63) is 58.6 Å². The van der Waals surface area contributed by atoms with Crippen molar-refractivity contribution in [2.45, 2.75) is 13.0 Å². The fraction of sp³-hybridized carbons (Fsp3) is 0.240. The molecule has 0 aliphatic carbocycles. The van der Waals surface area contributed by atoms with Crippen LogP contribution in [0.2, 0.25) is 0 Å². The molecular formula is C25H25N5O8S. The number of rotatable bonds is 9. The number of nitrogens with zero attached hydrogens (tertiary/aromatic N) is 2. The molecule has 0 fully saturated rings. The second kappa shape index (κ2) is 11.7. The van der Waals surface area contributed by atoms with Crippen LogP contribution in [0.15, 0.2) is 42.5 Å². The lowest BCUT2D eigenvalue weighted by Crippen LogP contribution is -2.45. The summed E-state index contributed by atoms with van der Waals surface area (Å²) < 4.78 is 20.1. The number of nitrogens with one attached hydrogen (secondary N) is 1. The Morgan fingerprint density at radius 1 is 1.13 bits per heavy atom. The number of esters is 1. The van der Waals surface area contributed by atoms with Gasteiger partial charge in [0.1, 0.15) is 36.4 Å². The second-order valence-corrected chi connectivity index (χ2v) is 8.93. The quantitative estimate of drug-likeness (QED) is 0.280. The van der Waals surface area contributed by atoms with Gasteiger partial charge in [-0.1, -0.05) is 12.1 Å². The van der Waals surface area contributed by atoms with Crippen LogP contribution < -0.4 is 31.2 Å². The zero-order chi connectivity index (χ0) is 28.1. The van der Waals surface area contributed by atoms with Gasteiger partial charge in [-0.05, 0) is 48.3 Å². The highest BCUT2D eigenvalue weighted by atomic mass is 32.1. The maximum absolute atomic E-state index is 14.1. The van der Waals surface area contributed by atoms with E-state index in [2.05, 4.69) is 9.69 Å². The van der Waals surface area contributed by atoms with Gasteiger partial charge >= 0.3 is 5.97 Å². The van der Waals surface area contributed by atoms with Crippen LogP contribution in [0.5, 0.6) is 17.2 Å². The van der Waals surface area contributed by atoms with E-state index in [1.54, 1.807) is 19.1 Å². The minimum absolute atomic E-state index is 0.0700. The molecule has 1 atom stereocenters. The van der Waals surface area contributed by atoms with Gasteiger partial charge in [-0.15, -0.1) is 0 Å². The first-order valence-electron chi connectivity index (χ1n) is 11.7. The molecule has 4 rings (SSSR count). The molecule has 1 unspecified atom stereocenters. The average molecular weight is 556 g/mol. The number of anilines is 2. The first kappa shape index (κ1) is 27.2. The highest BCUT2D eigenvalue weighted by molar-refractivity contribution is 7.09. The van der Waals surface area contributed by atoms with E-state index in [0.29, 0.717) is 29.6 Å². The van der Waals surface area contributed by atoms with E-state index in [9.17, 15) is 24.3 Å². The van der Waals surface area contributed by atoms with Crippen LogP contribution in [0.25, 0.3) is 0 Å². The largest absolute Gasteiger partial charge is 0.508 e. The van der Waals surface area contributed by atoms with E-state index < -0.39 is 36.3 Å². The molecule has 0 spiro atoms. The third-order valence-electron chi connectivity index (χ3n) is 5.61. The zero-order valence-electron chi connectivity index (χ0n) is 20.7. The van der Waals surface area contributed by atoms with E-state index in [1.165, 1.54) is 30.3 Å². The number of aromatic hydroxyl groups is 1. The lowest BCUT2D eigenvalue weighted by molar-refractivity contribution is -0.143. The van der Waals surface area contributed by atoms with Crippen LogP contribution >= 0.6 is 11.5 Å². The molecule has 0 saturated carbocycles. The molecule has 0 bridgehead atoms. The van der Waals surface area contributed by atoms with E-state index in [1.807, 2.05) is 0 Å². The summed E-state index contributed by atoms with van der Waals surface area (Å²) in [7, 11) is 0. The summed E-state index contributed by atoms with van der Waals surface area (Å²) in [6.45, 7) is 1.90. The van der Waals surface area contributed by atoms with Gasteiger partial charge in [0.05, 0.1) is 12.3 Å². The van der Waals surface area contributed by atoms with E-state index in [0.717, 1.165) is 4.90 Å². The highest BCUT2D eigenvalue weighted by Gasteiger charge is 2.37.